The van der Waals surface area contributed by atoms with Crippen molar-refractivity contribution in [2.24, 2.45) is 5.41 Å². The van der Waals surface area contributed by atoms with Crippen LogP contribution in [0.5, 0.6) is 0 Å². The van der Waals surface area contributed by atoms with Gasteiger partial charge in [0.25, 0.3) is 0 Å². The molecule has 1 aliphatic rings. The first-order valence-electron chi connectivity index (χ1n) is 4.98. The Morgan fingerprint density at radius 1 is 1.29 bits per heavy atom. The second-order valence-electron chi connectivity index (χ2n) is 5.02. The number of hydrogen-bond donors (Lipinski definition) is 3. The van der Waals surface area contributed by atoms with Crippen LogP contribution in [0.3, 0.4) is 0 Å². The van der Waals surface area contributed by atoms with Crippen LogP contribution in [0.1, 0.15) is 27.2 Å². The number of ether oxygens (including phenoxy) is 1. The highest BCUT2D eigenvalue weighted by atomic mass is 16.5. The summed E-state index contributed by atoms with van der Waals surface area (Å²) in [6, 6.07) is 0. The van der Waals surface area contributed by atoms with Gasteiger partial charge < -0.3 is 20.1 Å². The van der Waals surface area contributed by atoms with Crippen LogP contribution in [0.25, 0.3) is 0 Å². The largest absolute Gasteiger partial charge is 0.394 e. The average Bonchev–Trinajstić information content (AvgIpc) is 2.07. The predicted molar refractivity (Wildman–Crippen MR) is 51.8 cm³/mol. The summed E-state index contributed by atoms with van der Waals surface area (Å²) >= 11 is 0. The zero-order valence-corrected chi connectivity index (χ0v) is 8.97. The van der Waals surface area contributed by atoms with Gasteiger partial charge in [-0.1, -0.05) is 20.8 Å². The van der Waals surface area contributed by atoms with Crippen LogP contribution >= 0.6 is 0 Å². The molecule has 0 aliphatic carbocycles. The molecule has 1 heterocycles. The Bertz CT molecular complexity index is 187. The standard InChI is InChI=1S/C10H20O4/c1-10(2,3)9-8(13)7(12)4-6(5-11)14-9/h6-9,11-13H,4-5H2,1-3H3. The highest BCUT2D eigenvalue weighted by Gasteiger charge is 2.42. The maximum atomic E-state index is 9.73. The molecule has 84 valence electrons. The van der Waals surface area contributed by atoms with Crippen LogP contribution in [0.2, 0.25) is 0 Å². The quantitative estimate of drug-likeness (QED) is 0.558. The van der Waals surface area contributed by atoms with Gasteiger partial charge in [0.1, 0.15) is 6.10 Å². The molecule has 4 heteroatoms. The number of aliphatic hydroxyl groups excluding tert-OH is 3. The molecule has 1 rings (SSSR count). The molecule has 1 aliphatic heterocycles. The average molecular weight is 204 g/mol. The van der Waals surface area contributed by atoms with Crippen LogP contribution in [0, 0.1) is 5.41 Å². The van der Waals surface area contributed by atoms with Gasteiger partial charge in [0.15, 0.2) is 0 Å². The van der Waals surface area contributed by atoms with Crippen molar-refractivity contribution < 1.29 is 20.1 Å². The van der Waals surface area contributed by atoms with Crippen molar-refractivity contribution in [3.05, 3.63) is 0 Å². The highest BCUT2D eigenvalue weighted by molar-refractivity contribution is 4.91. The summed E-state index contributed by atoms with van der Waals surface area (Å²) in [7, 11) is 0. The van der Waals surface area contributed by atoms with Crippen LogP contribution in [0.15, 0.2) is 0 Å². The molecule has 0 saturated carbocycles. The van der Waals surface area contributed by atoms with Crippen molar-refractivity contribution in [2.45, 2.75) is 51.6 Å². The summed E-state index contributed by atoms with van der Waals surface area (Å²) in [4.78, 5) is 0. The first kappa shape index (κ1) is 11.9. The van der Waals surface area contributed by atoms with Crippen molar-refractivity contribution >= 4 is 0 Å². The van der Waals surface area contributed by atoms with E-state index in [1.807, 2.05) is 20.8 Å². The van der Waals surface area contributed by atoms with Crippen molar-refractivity contribution in [3.63, 3.8) is 0 Å². The van der Waals surface area contributed by atoms with Crippen LogP contribution < -0.4 is 0 Å². The third kappa shape index (κ3) is 2.45. The van der Waals surface area contributed by atoms with Crippen LogP contribution in [-0.4, -0.2) is 46.3 Å². The normalized spacial score (nSPS) is 39.9. The van der Waals surface area contributed by atoms with E-state index in [4.69, 9.17) is 9.84 Å². The minimum absolute atomic E-state index is 0.115. The lowest BCUT2D eigenvalue weighted by atomic mass is 9.81. The fourth-order valence-corrected chi connectivity index (χ4v) is 1.79. The molecular weight excluding hydrogens is 184 g/mol. The number of aliphatic hydroxyl groups is 3. The molecular formula is C10H20O4. The topological polar surface area (TPSA) is 69.9 Å². The second kappa shape index (κ2) is 4.14. The Morgan fingerprint density at radius 3 is 2.29 bits per heavy atom. The Kier molecular flexibility index (Phi) is 3.53. The van der Waals surface area contributed by atoms with Crippen LogP contribution in [0.4, 0.5) is 0 Å². The zero-order chi connectivity index (χ0) is 10.9. The first-order valence-corrected chi connectivity index (χ1v) is 4.98. The Labute approximate surface area is 84.5 Å². The second-order valence-corrected chi connectivity index (χ2v) is 5.02. The molecule has 1 fully saturated rings. The smallest absolute Gasteiger partial charge is 0.107 e. The number of hydrogen-bond acceptors (Lipinski definition) is 4. The Hall–Kier alpha value is -0.160. The van der Waals surface area contributed by atoms with E-state index in [0.29, 0.717) is 6.42 Å². The number of rotatable bonds is 1. The third-order valence-electron chi connectivity index (χ3n) is 2.61. The van der Waals surface area contributed by atoms with Crippen molar-refractivity contribution in [1.29, 1.82) is 0 Å². The lowest BCUT2D eigenvalue weighted by molar-refractivity contribution is -0.206. The lowest BCUT2D eigenvalue weighted by Crippen LogP contribution is -2.54. The summed E-state index contributed by atoms with van der Waals surface area (Å²) in [6.45, 7) is 5.70. The summed E-state index contributed by atoms with van der Waals surface area (Å²) < 4.78 is 5.52. The van der Waals surface area contributed by atoms with E-state index in [0.717, 1.165) is 0 Å². The van der Waals surface area contributed by atoms with Gasteiger partial charge in [-0.2, -0.15) is 0 Å². The minimum atomic E-state index is -0.863. The maximum Gasteiger partial charge on any atom is 0.107 e. The highest BCUT2D eigenvalue weighted by Crippen LogP contribution is 2.32. The van der Waals surface area contributed by atoms with E-state index < -0.39 is 18.3 Å². The van der Waals surface area contributed by atoms with E-state index in [9.17, 15) is 10.2 Å². The SMILES string of the molecule is CC(C)(C)C1OC(CO)CC(O)C1O. The van der Waals surface area contributed by atoms with Crippen LogP contribution in [-0.2, 0) is 4.74 Å². The molecule has 0 aromatic heterocycles. The lowest BCUT2D eigenvalue weighted by Gasteiger charge is -2.43. The van der Waals surface area contributed by atoms with Gasteiger partial charge in [-0.3, -0.25) is 0 Å². The summed E-state index contributed by atoms with van der Waals surface area (Å²) in [5.41, 5.74) is -0.242. The molecule has 14 heavy (non-hydrogen) atoms. The summed E-state index contributed by atoms with van der Waals surface area (Å²) in [6.07, 6.45) is -2.16. The molecule has 3 N–H and O–H groups in total. The fraction of sp³-hybridized carbons (Fsp3) is 1.00. The maximum absolute atomic E-state index is 9.73. The van der Waals surface area contributed by atoms with Crippen molar-refractivity contribution in [3.8, 4) is 0 Å². The van der Waals surface area contributed by atoms with Gasteiger partial charge in [-0.25, -0.2) is 0 Å². The molecule has 4 atom stereocenters. The molecule has 0 radical (unpaired) electrons. The zero-order valence-electron chi connectivity index (χ0n) is 8.97. The van der Waals surface area contributed by atoms with Crippen molar-refractivity contribution in [2.75, 3.05) is 6.61 Å². The monoisotopic (exact) mass is 204 g/mol. The molecule has 1 saturated heterocycles. The van der Waals surface area contributed by atoms with E-state index in [2.05, 4.69) is 0 Å². The summed E-state index contributed by atoms with van der Waals surface area (Å²) in [5.74, 6) is 0. The Balaban J connectivity index is 2.73. The van der Waals surface area contributed by atoms with Gasteiger partial charge in [0, 0.05) is 6.42 Å². The molecule has 0 spiro atoms. The Morgan fingerprint density at radius 2 is 1.86 bits per heavy atom. The van der Waals surface area contributed by atoms with E-state index in [1.54, 1.807) is 0 Å². The van der Waals surface area contributed by atoms with E-state index in [-0.39, 0.29) is 18.1 Å². The molecule has 0 aromatic carbocycles. The van der Waals surface area contributed by atoms with Gasteiger partial charge in [-0.15, -0.1) is 0 Å². The van der Waals surface area contributed by atoms with Gasteiger partial charge in [-0.05, 0) is 5.41 Å². The van der Waals surface area contributed by atoms with Crippen molar-refractivity contribution in [1.82, 2.24) is 0 Å². The first-order chi connectivity index (χ1) is 6.36. The van der Waals surface area contributed by atoms with Gasteiger partial charge in [0.05, 0.1) is 24.9 Å². The fourth-order valence-electron chi connectivity index (χ4n) is 1.79. The molecule has 0 bridgehead atoms. The van der Waals surface area contributed by atoms with Gasteiger partial charge in [0.2, 0.25) is 0 Å². The summed E-state index contributed by atoms with van der Waals surface area (Å²) in [5, 5.41) is 28.3. The molecule has 4 unspecified atom stereocenters. The van der Waals surface area contributed by atoms with E-state index >= 15 is 0 Å². The van der Waals surface area contributed by atoms with Gasteiger partial charge >= 0.3 is 0 Å². The van der Waals surface area contributed by atoms with E-state index in [1.165, 1.54) is 0 Å². The molecule has 4 nitrogen and oxygen atoms in total. The third-order valence-corrected chi connectivity index (χ3v) is 2.61. The predicted octanol–water partition coefficient (Wildman–Crippen LogP) is -0.0959. The molecule has 0 amide bonds. The minimum Gasteiger partial charge on any atom is -0.394 e. The molecule has 0 aromatic rings.